The van der Waals surface area contributed by atoms with Gasteiger partial charge >= 0.3 is 0 Å². The minimum Gasteiger partial charge on any atom is -0.384 e. The van der Waals surface area contributed by atoms with E-state index in [9.17, 15) is 4.79 Å². The number of aromatic nitrogens is 3. The van der Waals surface area contributed by atoms with Gasteiger partial charge < -0.3 is 11.1 Å². The van der Waals surface area contributed by atoms with Gasteiger partial charge in [-0.2, -0.15) is 0 Å². The highest BCUT2D eigenvalue weighted by Crippen LogP contribution is 2.22. The summed E-state index contributed by atoms with van der Waals surface area (Å²) in [7, 11) is 0. The molecule has 0 fully saturated rings. The summed E-state index contributed by atoms with van der Waals surface area (Å²) in [5.41, 5.74) is 11.8. The summed E-state index contributed by atoms with van der Waals surface area (Å²) in [5.74, 6) is 0.316. The highest BCUT2D eigenvalue weighted by atomic mass is 35.5. The first-order valence-electron chi connectivity index (χ1n) is 9.89. The van der Waals surface area contributed by atoms with E-state index in [4.69, 9.17) is 17.3 Å². The SMILES string of the molecule is Cc1cc(N)nc(C)c1CNC(=O)c1ccnc(Cc2cccc3cc(Cl)cnc23)c1. The Morgan fingerprint density at radius 3 is 2.77 bits per heavy atom. The van der Waals surface area contributed by atoms with Crippen LogP contribution in [-0.4, -0.2) is 20.9 Å². The number of hydrogen-bond acceptors (Lipinski definition) is 5. The van der Waals surface area contributed by atoms with Crippen LogP contribution < -0.4 is 11.1 Å². The van der Waals surface area contributed by atoms with Crippen molar-refractivity contribution in [3.63, 3.8) is 0 Å². The zero-order chi connectivity index (χ0) is 22.0. The van der Waals surface area contributed by atoms with Crippen LogP contribution in [0.4, 0.5) is 5.82 Å². The van der Waals surface area contributed by atoms with Crippen molar-refractivity contribution in [3.05, 3.63) is 93.5 Å². The molecule has 0 spiro atoms. The molecule has 0 aliphatic heterocycles. The zero-order valence-corrected chi connectivity index (χ0v) is 18.1. The van der Waals surface area contributed by atoms with Crippen molar-refractivity contribution in [2.45, 2.75) is 26.8 Å². The van der Waals surface area contributed by atoms with E-state index in [2.05, 4.69) is 20.3 Å². The molecule has 0 aliphatic carbocycles. The molecule has 1 aromatic carbocycles. The molecule has 0 aliphatic rings. The number of aryl methyl sites for hydroxylation is 2. The van der Waals surface area contributed by atoms with Gasteiger partial charge in [-0.3, -0.25) is 14.8 Å². The maximum absolute atomic E-state index is 12.8. The van der Waals surface area contributed by atoms with Crippen LogP contribution in [0.2, 0.25) is 5.02 Å². The van der Waals surface area contributed by atoms with Gasteiger partial charge in [0.25, 0.3) is 5.91 Å². The second kappa shape index (κ2) is 8.70. The molecule has 3 heterocycles. The molecule has 6 nitrogen and oxygen atoms in total. The van der Waals surface area contributed by atoms with Gasteiger partial charge in [0, 0.05) is 47.7 Å². The Morgan fingerprint density at radius 2 is 1.97 bits per heavy atom. The smallest absolute Gasteiger partial charge is 0.251 e. The molecular weight excluding hydrogens is 410 g/mol. The Hall–Kier alpha value is -3.51. The lowest BCUT2D eigenvalue weighted by molar-refractivity contribution is 0.0950. The topological polar surface area (TPSA) is 93.8 Å². The minimum absolute atomic E-state index is 0.165. The molecule has 0 atom stereocenters. The molecule has 31 heavy (non-hydrogen) atoms. The maximum atomic E-state index is 12.8. The van der Waals surface area contributed by atoms with E-state index in [0.717, 1.165) is 39.0 Å². The Kier molecular flexibility index (Phi) is 5.82. The van der Waals surface area contributed by atoms with Crippen LogP contribution in [0.5, 0.6) is 0 Å². The molecule has 0 radical (unpaired) electrons. The van der Waals surface area contributed by atoms with E-state index in [1.807, 2.05) is 50.2 Å². The number of benzene rings is 1. The standard InChI is InChI=1S/C24H22ClN5O/c1-14-8-22(26)30-15(2)21(14)13-29-24(31)18-6-7-27-20(11-18)10-17-5-3-4-16-9-19(25)12-28-23(16)17/h3-9,11-12H,10,13H2,1-2H3,(H2,26,30)(H,29,31). The molecule has 7 heteroatoms. The minimum atomic E-state index is -0.165. The Bertz CT molecular complexity index is 1270. The molecule has 156 valence electrons. The third-order valence-electron chi connectivity index (χ3n) is 5.21. The Balaban J connectivity index is 1.52. The second-order valence-corrected chi connectivity index (χ2v) is 7.90. The van der Waals surface area contributed by atoms with Crippen molar-refractivity contribution >= 4 is 34.2 Å². The third kappa shape index (κ3) is 4.64. The zero-order valence-electron chi connectivity index (χ0n) is 17.3. The van der Waals surface area contributed by atoms with Crippen LogP contribution >= 0.6 is 11.6 Å². The second-order valence-electron chi connectivity index (χ2n) is 7.47. The van der Waals surface area contributed by atoms with Crippen molar-refractivity contribution in [2.75, 3.05) is 5.73 Å². The predicted octanol–water partition coefficient (Wildman–Crippen LogP) is 4.40. The fourth-order valence-electron chi connectivity index (χ4n) is 3.68. The number of amides is 1. The quantitative estimate of drug-likeness (QED) is 0.488. The highest BCUT2D eigenvalue weighted by Gasteiger charge is 2.12. The summed E-state index contributed by atoms with van der Waals surface area (Å²) in [4.78, 5) is 25.9. The normalized spacial score (nSPS) is 10.9. The molecule has 1 amide bonds. The number of halogens is 1. The van der Waals surface area contributed by atoms with Crippen molar-refractivity contribution in [1.29, 1.82) is 0 Å². The number of pyridine rings is 3. The Labute approximate surface area is 185 Å². The van der Waals surface area contributed by atoms with Crippen molar-refractivity contribution in [1.82, 2.24) is 20.3 Å². The van der Waals surface area contributed by atoms with E-state index in [-0.39, 0.29) is 5.91 Å². The van der Waals surface area contributed by atoms with E-state index < -0.39 is 0 Å². The van der Waals surface area contributed by atoms with Gasteiger partial charge in [0.15, 0.2) is 0 Å². The van der Waals surface area contributed by atoms with Gasteiger partial charge in [-0.1, -0.05) is 29.8 Å². The van der Waals surface area contributed by atoms with E-state index in [1.54, 1.807) is 18.5 Å². The Morgan fingerprint density at radius 1 is 1.13 bits per heavy atom. The number of hydrogen-bond donors (Lipinski definition) is 2. The van der Waals surface area contributed by atoms with Crippen molar-refractivity contribution in [2.24, 2.45) is 0 Å². The molecule has 0 saturated carbocycles. The van der Waals surface area contributed by atoms with Gasteiger partial charge in [-0.05, 0) is 54.8 Å². The van der Waals surface area contributed by atoms with Crippen molar-refractivity contribution < 1.29 is 4.79 Å². The van der Waals surface area contributed by atoms with Gasteiger partial charge in [-0.25, -0.2) is 4.98 Å². The number of nitrogen functional groups attached to an aromatic ring is 1. The lowest BCUT2D eigenvalue weighted by Crippen LogP contribution is -2.24. The van der Waals surface area contributed by atoms with Gasteiger partial charge in [-0.15, -0.1) is 0 Å². The van der Waals surface area contributed by atoms with Crippen molar-refractivity contribution in [3.8, 4) is 0 Å². The monoisotopic (exact) mass is 431 g/mol. The van der Waals surface area contributed by atoms with Crippen LogP contribution in [0.1, 0.15) is 38.4 Å². The average Bonchev–Trinajstić information content (AvgIpc) is 2.73. The molecule has 0 bridgehead atoms. The van der Waals surface area contributed by atoms with E-state index in [1.165, 1.54) is 0 Å². The summed E-state index contributed by atoms with van der Waals surface area (Å²) in [5, 5.41) is 4.54. The number of nitrogens with two attached hydrogens (primary N) is 1. The van der Waals surface area contributed by atoms with Crippen LogP contribution in [0.15, 0.2) is 54.9 Å². The van der Waals surface area contributed by atoms with Gasteiger partial charge in [0.2, 0.25) is 0 Å². The van der Waals surface area contributed by atoms with Gasteiger partial charge in [0.05, 0.1) is 10.5 Å². The molecule has 3 N–H and O–H groups in total. The van der Waals surface area contributed by atoms with Crippen LogP contribution in [-0.2, 0) is 13.0 Å². The number of carbonyl (C=O) groups is 1. The number of rotatable bonds is 5. The number of carbonyl (C=O) groups excluding carboxylic acids is 1. The molecule has 0 unspecified atom stereocenters. The predicted molar refractivity (Wildman–Crippen MR) is 123 cm³/mol. The summed E-state index contributed by atoms with van der Waals surface area (Å²) < 4.78 is 0. The number of fused-ring (bicyclic) bond motifs is 1. The molecule has 3 aromatic heterocycles. The first-order chi connectivity index (χ1) is 14.9. The number of nitrogens with zero attached hydrogens (tertiary/aromatic N) is 3. The lowest BCUT2D eigenvalue weighted by Gasteiger charge is -2.12. The van der Waals surface area contributed by atoms with Crippen LogP contribution in [0.3, 0.4) is 0 Å². The van der Waals surface area contributed by atoms with Crippen LogP contribution in [0, 0.1) is 13.8 Å². The number of para-hydroxylation sites is 1. The molecular formula is C24H22ClN5O. The number of nitrogens with one attached hydrogen (secondary N) is 1. The van der Waals surface area contributed by atoms with E-state index in [0.29, 0.717) is 29.4 Å². The lowest BCUT2D eigenvalue weighted by atomic mass is 10.0. The van der Waals surface area contributed by atoms with Gasteiger partial charge in [0.1, 0.15) is 5.82 Å². The average molecular weight is 432 g/mol. The molecule has 0 saturated heterocycles. The third-order valence-corrected chi connectivity index (χ3v) is 5.42. The molecule has 4 rings (SSSR count). The summed E-state index contributed by atoms with van der Waals surface area (Å²) in [6.45, 7) is 4.23. The van der Waals surface area contributed by atoms with Crippen LogP contribution in [0.25, 0.3) is 10.9 Å². The summed E-state index contributed by atoms with van der Waals surface area (Å²) in [6, 6.07) is 13.2. The first-order valence-corrected chi connectivity index (χ1v) is 10.3. The maximum Gasteiger partial charge on any atom is 0.251 e. The fraction of sp³-hybridized carbons (Fsp3) is 0.167. The highest BCUT2D eigenvalue weighted by molar-refractivity contribution is 6.31. The largest absolute Gasteiger partial charge is 0.384 e. The first kappa shape index (κ1) is 20.8. The molecule has 4 aromatic rings. The fourth-order valence-corrected chi connectivity index (χ4v) is 3.84. The summed E-state index contributed by atoms with van der Waals surface area (Å²) in [6.07, 6.45) is 3.86. The number of anilines is 1. The summed E-state index contributed by atoms with van der Waals surface area (Å²) >= 11 is 6.06. The van der Waals surface area contributed by atoms with E-state index >= 15 is 0 Å².